The third-order valence-electron chi connectivity index (χ3n) is 3.97. The molecular formula is C19H19N3O3S2. The second-order valence-electron chi connectivity index (χ2n) is 5.88. The monoisotopic (exact) mass is 401 g/mol. The van der Waals surface area contributed by atoms with Gasteiger partial charge in [-0.15, -0.1) is 11.3 Å². The summed E-state index contributed by atoms with van der Waals surface area (Å²) in [6.45, 7) is 0.359. The second-order valence-corrected chi connectivity index (χ2v) is 8.83. The van der Waals surface area contributed by atoms with Crippen molar-refractivity contribution in [1.29, 1.82) is 0 Å². The fourth-order valence-electron chi connectivity index (χ4n) is 2.42. The number of thiophene rings is 1. The number of amides is 1. The number of nitrogens with zero attached hydrogens (tertiary/aromatic N) is 2. The van der Waals surface area contributed by atoms with E-state index in [1.807, 2.05) is 30.3 Å². The van der Waals surface area contributed by atoms with Gasteiger partial charge >= 0.3 is 0 Å². The maximum absolute atomic E-state index is 12.7. The molecule has 2 heterocycles. The molecule has 0 aliphatic heterocycles. The zero-order chi connectivity index (χ0) is 19.3. The van der Waals surface area contributed by atoms with Crippen molar-refractivity contribution in [1.82, 2.24) is 9.29 Å². The Morgan fingerprint density at radius 2 is 1.89 bits per heavy atom. The van der Waals surface area contributed by atoms with E-state index in [-0.39, 0.29) is 10.8 Å². The first-order chi connectivity index (χ1) is 13.0. The molecule has 140 valence electrons. The molecule has 0 saturated carbocycles. The van der Waals surface area contributed by atoms with Gasteiger partial charge in [-0.3, -0.25) is 4.79 Å². The van der Waals surface area contributed by atoms with Crippen molar-refractivity contribution < 1.29 is 13.2 Å². The standard InChI is InChI=1S/C19H19N3O3S2/c1-22(12-10-15-7-3-2-4-8-15)27(24,25)16-13-17(26-14-16)19(23)21-18-9-5-6-11-20-18/h2-9,11,13-14H,10,12H2,1H3,(H,20,21,23). The van der Waals surface area contributed by atoms with Crippen LogP contribution >= 0.6 is 11.3 Å². The first-order valence-electron chi connectivity index (χ1n) is 8.28. The van der Waals surface area contributed by atoms with Gasteiger partial charge in [-0.2, -0.15) is 0 Å². The molecule has 0 aliphatic rings. The lowest BCUT2D eigenvalue weighted by Crippen LogP contribution is -2.28. The van der Waals surface area contributed by atoms with Gasteiger partial charge in [-0.1, -0.05) is 36.4 Å². The van der Waals surface area contributed by atoms with Crippen LogP contribution in [0.5, 0.6) is 0 Å². The number of sulfonamides is 1. The van der Waals surface area contributed by atoms with Gasteiger partial charge in [0, 0.05) is 25.2 Å². The third kappa shape index (κ3) is 4.79. The Hall–Kier alpha value is -2.55. The lowest BCUT2D eigenvalue weighted by Gasteiger charge is -2.16. The molecule has 0 unspecified atom stereocenters. The SMILES string of the molecule is CN(CCc1ccccc1)S(=O)(=O)c1csc(C(=O)Nc2ccccn2)c1. The predicted octanol–water partition coefficient (Wildman–Crippen LogP) is 3.26. The van der Waals surface area contributed by atoms with Crippen molar-refractivity contribution in [2.45, 2.75) is 11.3 Å². The van der Waals surface area contributed by atoms with E-state index < -0.39 is 10.0 Å². The van der Waals surface area contributed by atoms with Gasteiger partial charge in [0.2, 0.25) is 10.0 Å². The molecule has 0 fully saturated rings. The maximum atomic E-state index is 12.7. The first-order valence-corrected chi connectivity index (χ1v) is 10.6. The van der Waals surface area contributed by atoms with Gasteiger partial charge < -0.3 is 5.32 Å². The summed E-state index contributed by atoms with van der Waals surface area (Å²) in [5.41, 5.74) is 1.07. The summed E-state index contributed by atoms with van der Waals surface area (Å²) in [6.07, 6.45) is 2.19. The van der Waals surface area contributed by atoms with Crippen molar-refractivity contribution in [3.05, 3.63) is 76.6 Å². The van der Waals surface area contributed by atoms with Crippen LogP contribution in [-0.2, 0) is 16.4 Å². The largest absolute Gasteiger partial charge is 0.306 e. The van der Waals surface area contributed by atoms with E-state index in [2.05, 4.69) is 10.3 Å². The minimum absolute atomic E-state index is 0.120. The number of carbonyl (C=O) groups excluding carboxylic acids is 1. The maximum Gasteiger partial charge on any atom is 0.266 e. The number of hydrogen-bond donors (Lipinski definition) is 1. The average Bonchev–Trinajstić information content (AvgIpc) is 3.19. The highest BCUT2D eigenvalue weighted by atomic mass is 32.2. The van der Waals surface area contributed by atoms with Crippen molar-refractivity contribution >= 4 is 33.1 Å². The lowest BCUT2D eigenvalue weighted by atomic mass is 10.2. The summed E-state index contributed by atoms with van der Waals surface area (Å²) in [5.74, 6) is 0.0346. The lowest BCUT2D eigenvalue weighted by molar-refractivity contribution is 0.103. The van der Waals surface area contributed by atoms with Crippen LogP contribution in [0.2, 0.25) is 0 Å². The van der Waals surface area contributed by atoms with Gasteiger partial charge in [0.25, 0.3) is 5.91 Å². The van der Waals surface area contributed by atoms with Crippen LogP contribution in [0.25, 0.3) is 0 Å². The highest BCUT2D eigenvalue weighted by molar-refractivity contribution is 7.89. The van der Waals surface area contributed by atoms with E-state index in [9.17, 15) is 13.2 Å². The fraction of sp³-hybridized carbons (Fsp3) is 0.158. The summed E-state index contributed by atoms with van der Waals surface area (Å²) in [5, 5.41) is 4.14. The summed E-state index contributed by atoms with van der Waals surface area (Å²) in [7, 11) is -2.10. The molecule has 8 heteroatoms. The number of rotatable bonds is 7. The normalized spacial score (nSPS) is 11.5. The molecule has 1 N–H and O–H groups in total. The van der Waals surface area contributed by atoms with Crippen LogP contribution in [0.15, 0.2) is 71.1 Å². The smallest absolute Gasteiger partial charge is 0.266 e. The minimum Gasteiger partial charge on any atom is -0.306 e. The molecule has 0 bridgehead atoms. The Balaban J connectivity index is 1.67. The Morgan fingerprint density at radius 3 is 2.59 bits per heavy atom. The molecule has 0 spiro atoms. The Morgan fingerprint density at radius 1 is 1.15 bits per heavy atom. The van der Waals surface area contributed by atoms with Crippen molar-refractivity contribution in [2.24, 2.45) is 0 Å². The molecule has 1 amide bonds. The first kappa shape index (κ1) is 19.2. The second kappa shape index (κ2) is 8.43. The number of pyridine rings is 1. The quantitative estimate of drug-likeness (QED) is 0.659. The molecular weight excluding hydrogens is 382 g/mol. The van der Waals surface area contributed by atoms with E-state index in [0.717, 1.165) is 16.9 Å². The number of nitrogens with one attached hydrogen (secondary N) is 1. The molecule has 6 nitrogen and oxygen atoms in total. The number of hydrogen-bond acceptors (Lipinski definition) is 5. The summed E-state index contributed by atoms with van der Waals surface area (Å²) < 4.78 is 26.8. The van der Waals surface area contributed by atoms with Gasteiger partial charge in [-0.25, -0.2) is 17.7 Å². The van der Waals surface area contributed by atoms with E-state index in [4.69, 9.17) is 0 Å². The average molecular weight is 402 g/mol. The van der Waals surface area contributed by atoms with E-state index >= 15 is 0 Å². The molecule has 2 aromatic heterocycles. The zero-order valence-corrected chi connectivity index (χ0v) is 16.3. The van der Waals surface area contributed by atoms with Crippen LogP contribution in [-0.4, -0.2) is 37.2 Å². The third-order valence-corrected chi connectivity index (χ3v) is 6.88. The molecule has 1 aromatic carbocycles. The molecule has 0 radical (unpaired) electrons. The highest BCUT2D eigenvalue weighted by Gasteiger charge is 2.23. The molecule has 0 atom stereocenters. The van der Waals surface area contributed by atoms with Crippen LogP contribution in [0.4, 0.5) is 5.82 Å². The molecule has 27 heavy (non-hydrogen) atoms. The number of anilines is 1. The summed E-state index contributed by atoms with van der Waals surface area (Å²) in [4.78, 5) is 16.7. The molecule has 3 rings (SSSR count). The molecule has 0 saturated heterocycles. The minimum atomic E-state index is -3.65. The topological polar surface area (TPSA) is 79.4 Å². The van der Waals surface area contributed by atoms with Crippen LogP contribution < -0.4 is 5.32 Å². The number of likely N-dealkylation sites (N-methyl/N-ethyl adjacent to an activating group) is 1. The van der Waals surface area contributed by atoms with Crippen LogP contribution in [0.3, 0.4) is 0 Å². The van der Waals surface area contributed by atoms with Gasteiger partial charge in [-0.05, 0) is 30.2 Å². The van der Waals surface area contributed by atoms with Crippen molar-refractivity contribution in [3.63, 3.8) is 0 Å². The molecule has 3 aromatic rings. The van der Waals surface area contributed by atoms with Gasteiger partial charge in [0.15, 0.2) is 0 Å². The Kier molecular flexibility index (Phi) is 6.00. The van der Waals surface area contributed by atoms with Crippen molar-refractivity contribution in [3.8, 4) is 0 Å². The highest BCUT2D eigenvalue weighted by Crippen LogP contribution is 2.23. The van der Waals surface area contributed by atoms with Crippen molar-refractivity contribution in [2.75, 3.05) is 18.9 Å². The number of benzene rings is 1. The summed E-state index contributed by atoms with van der Waals surface area (Å²) in [6, 6.07) is 16.3. The zero-order valence-electron chi connectivity index (χ0n) is 14.7. The Labute approximate surface area is 162 Å². The molecule has 0 aliphatic carbocycles. The number of carbonyl (C=O) groups is 1. The van der Waals surface area contributed by atoms with Crippen LogP contribution in [0, 0.1) is 0 Å². The Bertz CT molecular complexity index is 1000. The van der Waals surface area contributed by atoms with E-state index in [1.165, 1.54) is 15.8 Å². The van der Waals surface area contributed by atoms with Gasteiger partial charge in [0.1, 0.15) is 5.82 Å². The fourth-order valence-corrected chi connectivity index (χ4v) is 4.75. The van der Waals surface area contributed by atoms with Crippen LogP contribution in [0.1, 0.15) is 15.2 Å². The predicted molar refractivity (Wildman–Crippen MR) is 106 cm³/mol. The van der Waals surface area contributed by atoms with E-state index in [0.29, 0.717) is 23.7 Å². The number of aromatic nitrogens is 1. The van der Waals surface area contributed by atoms with Gasteiger partial charge in [0.05, 0.1) is 9.77 Å². The van der Waals surface area contributed by atoms with E-state index in [1.54, 1.807) is 31.4 Å². The summed E-state index contributed by atoms with van der Waals surface area (Å²) >= 11 is 1.09.